The fraction of sp³-hybridized carbons (Fsp3) is 1.00. The van der Waals surface area contributed by atoms with Crippen LogP contribution < -0.4 is 10.6 Å². The van der Waals surface area contributed by atoms with Gasteiger partial charge in [0.15, 0.2) is 0 Å². The van der Waals surface area contributed by atoms with Gasteiger partial charge in [-0.15, -0.1) is 0 Å². The number of piperazine rings is 1. The van der Waals surface area contributed by atoms with E-state index in [0.29, 0.717) is 6.04 Å². The molecule has 2 heteroatoms. The van der Waals surface area contributed by atoms with Gasteiger partial charge in [0.25, 0.3) is 0 Å². The Morgan fingerprint density at radius 1 is 1.30 bits per heavy atom. The average Bonchev–Trinajstić information content (AvgIpc) is 1.95. The summed E-state index contributed by atoms with van der Waals surface area (Å²) in [5, 5.41) is 6.96. The second-order valence-electron chi connectivity index (χ2n) is 3.20. The Bertz CT molecular complexity index is 85.3. The molecule has 0 aliphatic carbocycles. The van der Waals surface area contributed by atoms with Crippen LogP contribution in [0, 0.1) is 0 Å². The summed E-state index contributed by atoms with van der Waals surface area (Å²) in [5.74, 6) is 0. The van der Waals surface area contributed by atoms with Crippen LogP contribution in [0.25, 0.3) is 0 Å². The van der Waals surface area contributed by atoms with E-state index < -0.39 is 0 Å². The number of hydrogen-bond donors (Lipinski definition) is 2. The third-order valence-corrected chi connectivity index (χ3v) is 2.06. The summed E-state index contributed by atoms with van der Waals surface area (Å²) in [6.45, 7) is 6.73. The van der Waals surface area contributed by atoms with Gasteiger partial charge in [0.1, 0.15) is 0 Å². The van der Waals surface area contributed by atoms with Gasteiger partial charge in [-0.3, -0.25) is 0 Å². The SMILES string of the molecule is CCCC1CNC(C)CN1. The highest BCUT2D eigenvalue weighted by Crippen LogP contribution is 1.99. The zero-order valence-electron chi connectivity index (χ0n) is 6.98. The van der Waals surface area contributed by atoms with E-state index in [0.717, 1.165) is 19.1 Å². The molecule has 60 valence electrons. The highest BCUT2D eigenvalue weighted by Gasteiger charge is 2.14. The van der Waals surface area contributed by atoms with E-state index in [9.17, 15) is 0 Å². The van der Waals surface area contributed by atoms with E-state index in [1.165, 1.54) is 12.8 Å². The fourth-order valence-electron chi connectivity index (χ4n) is 1.38. The Kier molecular flexibility index (Phi) is 3.16. The molecule has 2 nitrogen and oxygen atoms in total. The van der Waals surface area contributed by atoms with Crippen molar-refractivity contribution in [3.63, 3.8) is 0 Å². The maximum Gasteiger partial charge on any atom is 0.0193 e. The molecule has 1 fully saturated rings. The first-order valence-electron chi connectivity index (χ1n) is 4.29. The quantitative estimate of drug-likeness (QED) is 0.594. The lowest BCUT2D eigenvalue weighted by Gasteiger charge is -2.28. The Morgan fingerprint density at radius 3 is 2.60 bits per heavy atom. The van der Waals surface area contributed by atoms with Gasteiger partial charge in [-0.05, 0) is 13.3 Å². The molecule has 0 amide bonds. The summed E-state index contributed by atoms with van der Waals surface area (Å²) < 4.78 is 0. The van der Waals surface area contributed by atoms with E-state index in [1.807, 2.05) is 0 Å². The van der Waals surface area contributed by atoms with E-state index in [4.69, 9.17) is 0 Å². The predicted molar refractivity (Wildman–Crippen MR) is 44.2 cm³/mol. The minimum absolute atomic E-state index is 0.660. The molecule has 2 unspecified atom stereocenters. The molecular formula is C8H18N2. The van der Waals surface area contributed by atoms with Crippen LogP contribution in [0.1, 0.15) is 26.7 Å². The van der Waals surface area contributed by atoms with Gasteiger partial charge in [0.2, 0.25) is 0 Å². The van der Waals surface area contributed by atoms with Crippen LogP contribution in [0.15, 0.2) is 0 Å². The van der Waals surface area contributed by atoms with E-state index in [-0.39, 0.29) is 0 Å². The van der Waals surface area contributed by atoms with Crippen molar-refractivity contribution in [1.29, 1.82) is 0 Å². The van der Waals surface area contributed by atoms with Crippen LogP contribution in [0.4, 0.5) is 0 Å². The van der Waals surface area contributed by atoms with E-state index >= 15 is 0 Å². The molecular weight excluding hydrogens is 124 g/mol. The van der Waals surface area contributed by atoms with Gasteiger partial charge < -0.3 is 10.6 Å². The van der Waals surface area contributed by atoms with Gasteiger partial charge in [0.05, 0.1) is 0 Å². The van der Waals surface area contributed by atoms with Crippen molar-refractivity contribution in [2.75, 3.05) is 13.1 Å². The van der Waals surface area contributed by atoms with Gasteiger partial charge in [-0.1, -0.05) is 13.3 Å². The zero-order chi connectivity index (χ0) is 7.40. The molecule has 0 aromatic heterocycles. The van der Waals surface area contributed by atoms with Crippen molar-refractivity contribution >= 4 is 0 Å². The molecule has 1 saturated heterocycles. The van der Waals surface area contributed by atoms with Crippen LogP contribution in [0.5, 0.6) is 0 Å². The molecule has 0 aromatic carbocycles. The summed E-state index contributed by atoms with van der Waals surface area (Å²) >= 11 is 0. The first-order chi connectivity index (χ1) is 4.83. The minimum Gasteiger partial charge on any atom is -0.311 e. The lowest BCUT2D eigenvalue weighted by atomic mass is 10.1. The smallest absolute Gasteiger partial charge is 0.0193 e. The third kappa shape index (κ3) is 2.27. The molecule has 0 radical (unpaired) electrons. The summed E-state index contributed by atoms with van der Waals surface area (Å²) in [6.07, 6.45) is 2.59. The van der Waals surface area contributed by atoms with Crippen LogP contribution in [0.2, 0.25) is 0 Å². The second kappa shape index (κ2) is 3.94. The highest BCUT2D eigenvalue weighted by molar-refractivity contribution is 4.79. The van der Waals surface area contributed by atoms with Crippen LogP contribution >= 0.6 is 0 Å². The van der Waals surface area contributed by atoms with Crippen molar-refractivity contribution in [3.8, 4) is 0 Å². The molecule has 1 rings (SSSR count). The minimum atomic E-state index is 0.660. The fourth-order valence-corrected chi connectivity index (χ4v) is 1.38. The first-order valence-corrected chi connectivity index (χ1v) is 4.29. The first kappa shape index (κ1) is 8.02. The Balaban J connectivity index is 2.13. The van der Waals surface area contributed by atoms with Crippen molar-refractivity contribution in [1.82, 2.24) is 10.6 Å². The molecule has 0 saturated carbocycles. The average molecular weight is 142 g/mol. The number of hydrogen-bond acceptors (Lipinski definition) is 2. The van der Waals surface area contributed by atoms with Crippen LogP contribution in [-0.2, 0) is 0 Å². The Hall–Kier alpha value is -0.0800. The maximum absolute atomic E-state index is 3.51. The monoisotopic (exact) mass is 142 g/mol. The zero-order valence-corrected chi connectivity index (χ0v) is 6.98. The molecule has 0 spiro atoms. The third-order valence-electron chi connectivity index (χ3n) is 2.06. The summed E-state index contributed by atoms with van der Waals surface area (Å²) in [7, 11) is 0. The molecule has 0 aromatic rings. The van der Waals surface area contributed by atoms with Gasteiger partial charge in [-0.25, -0.2) is 0 Å². The summed E-state index contributed by atoms with van der Waals surface area (Å²) in [6, 6.07) is 1.38. The maximum atomic E-state index is 3.51. The standard InChI is InChI=1S/C8H18N2/c1-3-4-8-6-9-7(2)5-10-8/h7-10H,3-6H2,1-2H3. The highest BCUT2D eigenvalue weighted by atomic mass is 15.1. The van der Waals surface area contributed by atoms with E-state index in [1.54, 1.807) is 0 Å². The van der Waals surface area contributed by atoms with E-state index in [2.05, 4.69) is 24.5 Å². The van der Waals surface area contributed by atoms with Gasteiger partial charge in [-0.2, -0.15) is 0 Å². The topological polar surface area (TPSA) is 24.1 Å². The second-order valence-corrected chi connectivity index (χ2v) is 3.20. The molecule has 2 atom stereocenters. The normalized spacial score (nSPS) is 34.2. The molecule has 1 aliphatic heterocycles. The van der Waals surface area contributed by atoms with Crippen molar-refractivity contribution in [2.24, 2.45) is 0 Å². The van der Waals surface area contributed by atoms with Gasteiger partial charge >= 0.3 is 0 Å². The lowest BCUT2D eigenvalue weighted by molar-refractivity contribution is 0.345. The molecule has 1 aliphatic rings. The van der Waals surface area contributed by atoms with Crippen LogP contribution in [-0.4, -0.2) is 25.2 Å². The summed E-state index contributed by atoms with van der Waals surface area (Å²) in [4.78, 5) is 0. The van der Waals surface area contributed by atoms with Gasteiger partial charge in [0, 0.05) is 25.2 Å². The predicted octanol–water partition coefficient (Wildman–Crippen LogP) is 0.736. The Labute approximate surface area is 63.4 Å². The molecule has 1 heterocycles. The molecule has 2 N–H and O–H groups in total. The molecule has 0 bridgehead atoms. The number of nitrogens with one attached hydrogen (secondary N) is 2. The Morgan fingerprint density at radius 2 is 2.10 bits per heavy atom. The summed E-state index contributed by atoms with van der Waals surface area (Å²) in [5.41, 5.74) is 0. The number of rotatable bonds is 2. The molecule has 10 heavy (non-hydrogen) atoms. The lowest BCUT2D eigenvalue weighted by Crippen LogP contribution is -2.52. The van der Waals surface area contributed by atoms with Crippen LogP contribution in [0.3, 0.4) is 0 Å². The largest absolute Gasteiger partial charge is 0.311 e. The van der Waals surface area contributed by atoms with Crippen molar-refractivity contribution < 1.29 is 0 Å². The van der Waals surface area contributed by atoms with Crippen molar-refractivity contribution in [3.05, 3.63) is 0 Å². The van der Waals surface area contributed by atoms with Crippen molar-refractivity contribution in [2.45, 2.75) is 38.8 Å².